The topological polar surface area (TPSA) is 48.9 Å². The summed E-state index contributed by atoms with van der Waals surface area (Å²) in [6.07, 6.45) is 5.73. The lowest BCUT2D eigenvalue weighted by atomic mass is 9.75. The molecule has 6 heteroatoms. The first-order valence-corrected chi connectivity index (χ1v) is 10.2. The van der Waals surface area contributed by atoms with E-state index in [1.54, 1.807) is 0 Å². The lowest BCUT2D eigenvalue weighted by Crippen LogP contribution is -2.42. The maximum atomic E-state index is 13.0. The van der Waals surface area contributed by atoms with E-state index in [1.165, 1.54) is 5.56 Å². The lowest BCUT2D eigenvalue weighted by Gasteiger charge is -2.31. The fraction of sp³-hybridized carbons (Fsp3) is 0.714. The number of likely N-dealkylation sites (N-methyl/N-ethyl adjacent to an activating group) is 1. The molecule has 150 valence electrons. The summed E-state index contributed by atoms with van der Waals surface area (Å²) < 4.78 is 5.56. The molecule has 0 aromatic carbocycles. The molecule has 0 bridgehead atoms. The van der Waals surface area contributed by atoms with Crippen molar-refractivity contribution in [2.45, 2.75) is 26.3 Å². The van der Waals surface area contributed by atoms with Crippen LogP contribution in [0.25, 0.3) is 0 Å². The molecule has 0 amide bonds. The zero-order chi connectivity index (χ0) is 19.3. The van der Waals surface area contributed by atoms with E-state index in [-0.39, 0.29) is 11.4 Å². The van der Waals surface area contributed by atoms with Gasteiger partial charge in [-0.25, -0.2) is 0 Å². The number of nitrogens with zero attached hydrogens (tertiary/aromatic N) is 4. The molecule has 2 aliphatic rings. The molecule has 27 heavy (non-hydrogen) atoms. The minimum absolute atomic E-state index is 0.0191. The second kappa shape index (κ2) is 9.13. The van der Waals surface area contributed by atoms with Gasteiger partial charge in [0.15, 0.2) is 0 Å². The van der Waals surface area contributed by atoms with Gasteiger partial charge in [-0.15, -0.1) is 0 Å². The highest BCUT2D eigenvalue weighted by atomic mass is 16.5. The Morgan fingerprint density at radius 3 is 2.89 bits per heavy atom. The van der Waals surface area contributed by atoms with E-state index in [1.807, 2.05) is 25.4 Å². The molecule has 0 spiro atoms. The van der Waals surface area contributed by atoms with E-state index in [0.717, 1.165) is 58.7 Å². The van der Waals surface area contributed by atoms with Crippen molar-refractivity contribution in [3.05, 3.63) is 30.1 Å². The zero-order valence-electron chi connectivity index (χ0n) is 17.1. The number of hydrogen-bond acceptors (Lipinski definition) is 6. The van der Waals surface area contributed by atoms with Crippen LogP contribution in [0.3, 0.4) is 0 Å². The number of ether oxygens (including phenoxy) is 1. The molecule has 2 saturated heterocycles. The number of aromatic nitrogens is 1. The molecule has 1 aromatic heterocycles. The van der Waals surface area contributed by atoms with Gasteiger partial charge in [-0.1, -0.05) is 6.07 Å². The number of esters is 1. The number of carbonyl (C=O) groups excluding carboxylic acids is 1. The molecule has 2 fully saturated rings. The van der Waals surface area contributed by atoms with Crippen LogP contribution in [0.1, 0.15) is 25.3 Å². The van der Waals surface area contributed by atoms with Gasteiger partial charge in [-0.2, -0.15) is 0 Å². The Labute approximate surface area is 163 Å². The Kier molecular flexibility index (Phi) is 6.84. The van der Waals surface area contributed by atoms with E-state index in [0.29, 0.717) is 12.5 Å². The summed E-state index contributed by atoms with van der Waals surface area (Å²) in [5, 5.41) is 0. The normalized spacial score (nSPS) is 26.7. The summed E-state index contributed by atoms with van der Waals surface area (Å²) in [5.74, 6) is 0.350. The van der Waals surface area contributed by atoms with Gasteiger partial charge in [-0.3, -0.25) is 14.7 Å². The van der Waals surface area contributed by atoms with Crippen molar-refractivity contribution in [2.24, 2.45) is 11.3 Å². The Morgan fingerprint density at radius 1 is 1.37 bits per heavy atom. The average molecular weight is 375 g/mol. The van der Waals surface area contributed by atoms with Crippen LogP contribution in [0.4, 0.5) is 0 Å². The molecule has 2 atom stereocenters. The van der Waals surface area contributed by atoms with Gasteiger partial charge in [0.2, 0.25) is 0 Å². The molecular weight excluding hydrogens is 340 g/mol. The quantitative estimate of drug-likeness (QED) is 0.678. The van der Waals surface area contributed by atoms with Crippen molar-refractivity contribution in [1.29, 1.82) is 0 Å². The Balaban J connectivity index is 1.74. The predicted molar refractivity (Wildman–Crippen MR) is 106 cm³/mol. The highest BCUT2D eigenvalue weighted by Crippen LogP contribution is 2.43. The standard InChI is InChI=1S/C21H34N4O2/c1-4-27-20(26)21-8-6-10-24(14-18-7-5-9-22-13-18)15-19(21)16-25(17-21)12-11-23(2)3/h5,7,9,13,19H,4,6,8,10-12,14-17H2,1-3H3/t19-,21-/m0/s1. The summed E-state index contributed by atoms with van der Waals surface area (Å²) in [4.78, 5) is 24.4. The SMILES string of the molecule is CCOC(=O)[C@]12CCCN(Cc3cccnc3)C[C@H]1CN(CCN(C)C)C2. The molecule has 6 nitrogen and oxygen atoms in total. The van der Waals surface area contributed by atoms with Crippen LogP contribution in [0.15, 0.2) is 24.5 Å². The number of likely N-dealkylation sites (tertiary alicyclic amines) is 2. The van der Waals surface area contributed by atoms with E-state index in [2.05, 4.69) is 39.8 Å². The summed E-state index contributed by atoms with van der Waals surface area (Å²) in [6, 6.07) is 4.13. The monoisotopic (exact) mass is 374 g/mol. The van der Waals surface area contributed by atoms with Crippen LogP contribution in [0.2, 0.25) is 0 Å². The number of rotatable bonds is 7. The largest absolute Gasteiger partial charge is 0.466 e. The molecule has 0 unspecified atom stereocenters. The predicted octanol–water partition coefficient (Wildman–Crippen LogP) is 1.72. The van der Waals surface area contributed by atoms with Crippen molar-refractivity contribution >= 4 is 5.97 Å². The van der Waals surface area contributed by atoms with Gasteiger partial charge in [0.25, 0.3) is 0 Å². The molecule has 2 aliphatic heterocycles. The van der Waals surface area contributed by atoms with Gasteiger partial charge >= 0.3 is 5.97 Å². The minimum Gasteiger partial charge on any atom is -0.466 e. The summed E-state index contributed by atoms with van der Waals surface area (Å²) in [6.45, 7) is 9.11. The van der Waals surface area contributed by atoms with Crippen molar-refractivity contribution in [1.82, 2.24) is 19.7 Å². The summed E-state index contributed by atoms with van der Waals surface area (Å²) in [5.41, 5.74) is 0.898. The van der Waals surface area contributed by atoms with E-state index in [9.17, 15) is 4.79 Å². The zero-order valence-corrected chi connectivity index (χ0v) is 17.1. The molecule has 0 saturated carbocycles. The van der Waals surface area contributed by atoms with Gasteiger partial charge in [0, 0.05) is 57.6 Å². The third kappa shape index (κ3) is 4.86. The first kappa shape index (κ1) is 20.2. The average Bonchev–Trinajstić information content (AvgIpc) is 2.90. The van der Waals surface area contributed by atoms with E-state index in [4.69, 9.17) is 4.74 Å². The van der Waals surface area contributed by atoms with Gasteiger partial charge < -0.3 is 14.5 Å². The van der Waals surface area contributed by atoms with Crippen molar-refractivity contribution in [3.8, 4) is 0 Å². The fourth-order valence-corrected chi connectivity index (χ4v) is 4.63. The third-order valence-corrected chi connectivity index (χ3v) is 6.02. The van der Waals surface area contributed by atoms with Crippen LogP contribution < -0.4 is 0 Å². The lowest BCUT2D eigenvalue weighted by molar-refractivity contribution is -0.157. The molecule has 0 radical (unpaired) electrons. The van der Waals surface area contributed by atoms with Crippen LogP contribution in [0, 0.1) is 11.3 Å². The maximum Gasteiger partial charge on any atom is 0.313 e. The number of pyridine rings is 1. The van der Waals surface area contributed by atoms with Crippen LogP contribution >= 0.6 is 0 Å². The fourth-order valence-electron chi connectivity index (χ4n) is 4.63. The molecule has 0 N–H and O–H groups in total. The van der Waals surface area contributed by atoms with Crippen LogP contribution in [-0.2, 0) is 16.1 Å². The Hall–Kier alpha value is -1.50. The summed E-state index contributed by atoms with van der Waals surface area (Å²) in [7, 11) is 4.20. The van der Waals surface area contributed by atoms with E-state index >= 15 is 0 Å². The number of carbonyl (C=O) groups is 1. The number of fused-ring (bicyclic) bond motifs is 1. The molecule has 3 heterocycles. The second-order valence-electron chi connectivity index (χ2n) is 8.31. The molecule has 0 aliphatic carbocycles. The minimum atomic E-state index is -0.341. The van der Waals surface area contributed by atoms with Gasteiger partial charge in [0.1, 0.15) is 0 Å². The molecule has 3 rings (SSSR count). The van der Waals surface area contributed by atoms with Crippen molar-refractivity contribution in [2.75, 3.05) is 60.0 Å². The first-order valence-electron chi connectivity index (χ1n) is 10.2. The Morgan fingerprint density at radius 2 is 2.19 bits per heavy atom. The van der Waals surface area contributed by atoms with Crippen molar-refractivity contribution in [3.63, 3.8) is 0 Å². The molecule has 1 aromatic rings. The van der Waals surface area contributed by atoms with Gasteiger partial charge in [0.05, 0.1) is 12.0 Å². The van der Waals surface area contributed by atoms with Crippen molar-refractivity contribution < 1.29 is 9.53 Å². The van der Waals surface area contributed by atoms with Crippen LogP contribution in [0.5, 0.6) is 0 Å². The smallest absolute Gasteiger partial charge is 0.313 e. The highest BCUT2D eigenvalue weighted by molar-refractivity contribution is 5.78. The third-order valence-electron chi connectivity index (χ3n) is 6.02. The van der Waals surface area contributed by atoms with Gasteiger partial charge in [-0.05, 0) is 52.0 Å². The first-order chi connectivity index (χ1) is 13.0. The number of hydrogen-bond donors (Lipinski definition) is 0. The highest BCUT2D eigenvalue weighted by Gasteiger charge is 2.53. The Bertz CT molecular complexity index is 609. The maximum absolute atomic E-state index is 13.0. The summed E-state index contributed by atoms with van der Waals surface area (Å²) >= 11 is 0. The molecular formula is C21H34N4O2. The van der Waals surface area contributed by atoms with E-state index < -0.39 is 0 Å². The van der Waals surface area contributed by atoms with Crippen LogP contribution in [-0.4, -0.2) is 85.6 Å². The second-order valence-corrected chi connectivity index (χ2v) is 8.31.